The standard InChI is InChI=1S/C14H17BrN4O/c1-9(2)19-8-12(15)13(17-19)14(20)18(4)11-5-6-16-10(3)7-11/h5-9H,1-4H3. The predicted octanol–water partition coefficient (Wildman–Crippen LogP) is 3.21. The van der Waals surface area contributed by atoms with Crippen LogP contribution >= 0.6 is 15.9 Å². The highest BCUT2D eigenvalue weighted by Crippen LogP contribution is 2.21. The van der Waals surface area contributed by atoms with Crippen LogP contribution in [0.25, 0.3) is 0 Å². The molecule has 2 rings (SSSR count). The number of nitrogens with zero attached hydrogens (tertiary/aromatic N) is 4. The van der Waals surface area contributed by atoms with Crippen molar-refractivity contribution in [3.63, 3.8) is 0 Å². The molecule has 0 aliphatic rings. The predicted molar refractivity (Wildman–Crippen MR) is 82.0 cm³/mol. The van der Waals surface area contributed by atoms with Gasteiger partial charge in [-0.15, -0.1) is 0 Å². The van der Waals surface area contributed by atoms with Crippen molar-refractivity contribution in [1.82, 2.24) is 14.8 Å². The van der Waals surface area contributed by atoms with Gasteiger partial charge in [-0.25, -0.2) is 0 Å². The number of amides is 1. The van der Waals surface area contributed by atoms with E-state index in [-0.39, 0.29) is 11.9 Å². The maximum absolute atomic E-state index is 12.5. The van der Waals surface area contributed by atoms with Gasteiger partial charge in [0.15, 0.2) is 5.69 Å². The zero-order chi connectivity index (χ0) is 14.9. The van der Waals surface area contributed by atoms with Crippen molar-refractivity contribution in [2.24, 2.45) is 0 Å². The molecule has 0 atom stereocenters. The lowest BCUT2D eigenvalue weighted by molar-refractivity contribution is 0.0986. The van der Waals surface area contributed by atoms with E-state index in [0.29, 0.717) is 10.2 Å². The van der Waals surface area contributed by atoms with Crippen molar-refractivity contribution in [3.05, 3.63) is 40.4 Å². The molecule has 0 fully saturated rings. The largest absolute Gasteiger partial charge is 0.310 e. The second kappa shape index (κ2) is 5.75. The van der Waals surface area contributed by atoms with Crippen LogP contribution < -0.4 is 4.90 Å². The molecule has 0 radical (unpaired) electrons. The molecule has 0 unspecified atom stereocenters. The van der Waals surface area contributed by atoms with Crippen LogP contribution in [0.2, 0.25) is 0 Å². The van der Waals surface area contributed by atoms with Crippen molar-refractivity contribution in [1.29, 1.82) is 0 Å². The lowest BCUT2D eigenvalue weighted by atomic mass is 10.3. The molecule has 2 aromatic rings. The molecule has 0 spiro atoms. The van der Waals surface area contributed by atoms with Crippen LogP contribution in [0.5, 0.6) is 0 Å². The first-order valence-corrected chi connectivity index (χ1v) is 7.15. The first-order valence-electron chi connectivity index (χ1n) is 6.35. The fourth-order valence-corrected chi connectivity index (χ4v) is 2.25. The van der Waals surface area contributed by atoms with Gasteiger partial charge in [0, 0.05) is 36.9 Å². The third-order valence-electron chi connectivity index (χ3n) is 2.99. The van der Waals surface area contributed by atoms with Crippen LogP contribution in [0.1, 0.15) is 36.1 Å². The van der Waals surface area contributed by atoms with Crippen molar-refractivity contribution in [2.45, 2.75) is 26.8 Å². The summed E-state index contributed by atoms with van der Waals surface area (Å²) in [5.74, 6) is -0.151. The van der Waals surface area contributed by atoms with Crippen LogP contribution in [0.15, 0.2) is 29.0 Å². The first-order chi connectivity index (χ1) is 9.40. The highest BCUT2D eigenvalue weighted by molar-refractivity contribution is 9.10. The van der Waals surface area contributed by atoms with Gasteiger partial charge in [0.05, 0.1) is 4.47 Å². The van der Waals surface area contributed by atoms with Crippen LogP contribution in [-0.2, 0) is 0 Å². The van der Waals surface area contributed by atoms with Gasteiger partial charge < -0.3 is 4.90 Å². The molecule has 0 aromatic carbocycles. The van der Waals surface area contributed by atoms with Crippen molar-refractivity contribution < 1.29 is 4.79 Å². The molecule has 0 aliphatic heterocycles. The Labute approximate surface area is 126 Å². The Kier molecular flexibility index (Phi) is 4.23. The summed E-state index contributed by atoms with van der Waals surface area (Å²) in [6.07, 6.45) is 3.51. The average molecular weight is 337 g/mol. The van der Waals surface area contributed by atoms with Crippen molar-refractivity contribution in [2.75, 3.05) is 11.9 Å². The Balaban J connectivity index is 2.31. The fraction of sp³-hybridized carbons (Fsp3) is 0.357. The molecule has 106 valence electrons. The van der Waals surface area contributed by atoms with E-state index in [1.54, 1.807) is 28.9 Å². The van der Waals surface area contributed by atoms with Gasteiger partial charge in [-0.1, -0.05) is 0 Å². The van der Waals surface area contributed by atoms with E-state index in [2.05, 4.69) is 26.0 Å². The molecule has 1 amide bonds. The molecule has 0 saturated heterocycles. The second-order valence-corrected chi connectivity index (χ2v) is 5.77. The molecule has 20 heavy (non-hydrogen) atoms. The minimum Gasteiger partial charge on any atom is -0.310 e. The number of carbonyl (C=O) groups is 1. The number of hydrogen-bond acceptors (Lipinski definition) is 3. The average Bonchev–Trinajstić information content (AvgIpc) is 2.79. The normalized spacial score (nSPS) is 10.9. The summed E-state index contributed by atoms with van der Waals surface area (Å²) < 4.78 is 2.47. The van der Waals surface area contributed by atoms with Gasteiger partial charge in [-0.05, 0) is 48.8 Å². The van der Waals surface area contributed by atoms with E-state index in [4.69, 9.17) is 0 Å². The number of hydrogen-bond donors (Lipinski definition) is 0. The van der Waals surface area contributed by atoms with E-state index in [1.165, 1.54) is 0 Å². The molecule has 5 nitrogen and oxygen atoms in total. The molecule has 0 aliphatic carbocycles. The first kappa shape index (κ1) is 14.7. The van der Waals surface area contributed by atoms with E-state index >= 15 is 0 Å². The SMILES string of the molecule is Cc1cc(N(C)C(=O)c2nn(C(C)C)cc2Br)ccn1. The third kappa shape index (κ3) is 2.90. The van der Waals surface area contributed by atoms with E-state index in [9.17, 15) is 4.79 Å². The number of aromatic nitrogens is 3. The lowest BCUT2D eigenvalue weighted by Gasteiger charge is -2.16. The summed E-state index contributed by atoms with van der Waals surface area (Å²) in [5, 5.41) is 4.34. The van der Waals surface area contributed by atoms with Gasteiger partial charge >= 0.3 is 0 Å². The van der Waals surface area contributed by atoms with E-state index < -0.39 is 0 Å². The van der Waals surface area contributed by atoms with Gasteiger partial charge in [0.2, 0.25) is 0 Å². The molecule has 0 N–H and O–H groups in total. The topological polar surface area (TPSA) is 51.0 Å². The molecule has 0 saturated carbocycles. The van der Waals surface area contributed by atoms with Crippen LogP contribution in [-0.4, -0.2) is 27.7 Å². The number of pyridine rings is 1. The Morgan fingerprint density at radius 2 is 2.15 bits per heavy atom. The number of carbonyl (C=O) groups excluding carboxylic acids is 1. The molecule has 6 heteroatoms. The highest BCUT2D eigenvalue weighted by Gasteiger charge is 2.21. The summed E-state index contributed by atoms with van der Waals surface area (Å²) in [6.45, 7) is 5.93. The zero-order valence-corrected chi connectivity index (χ0v) is 13.5. The number of rotatable bonds is 3. The van der Waals surface area contributed by atoms with Crippen LogP contribution in [0, 0.1) is 6.92 Å². The Morgan fingerprint density at radius 1 is 1.45 bits per heavy atom. The van der Waals surface area contributed by atoms with Crippen molar-refractivity contribution in [3.8, 4) is 0 Å². The number of anilines is 1. The molecule has 0 bridgehead atoms. The monoisotopic (exact) mass is 336 g/mol. The van der Waals surface area contributed by atoms with Crippen LogP contribution in [0.4, 0.5) is 5.69 Å². The fourth-order valence-electron chi connectivity index (χ4n) is 1.79. The molecule has 2 heterocycles. The number of halogens is 1. The summed E-state index contributed by atoms with van der Waals surface area (Å²) in [6, 6.07) is 3.88. The quantitative estimate of drug-likeness (QED) is 0.864. The van der Waals surface area contributed by atoms with E-state index in [1.807, 2.05) is 33.0 Å². The maximum atomic E-state index is 12.5. The summed E-state index contributed by atoms with van der Waals surface area (Å²) in [5.41, 5.74) is 2.08. The Bertz CT molecular complexity index is 636. The highest BCUT2D eigenvalue weighted by atomic mass is 79.9. The minimum absolute atomic E-state index is 0.151. The summed E-state index contributed by atoms with van der Waals surface area (Å²) in [7, 11) is 1.73. The maximum Gasteiger partial charge on any atom is 0.279 e. The molecular formula is C14H17BrN4O. The smallest absolute Gasteiger partial charge is 0.279 e. The van der Waals surface area contributed by atoms with E-state index in [0.717, 1.165) is 11.4 Å². The van der Waals surface area contributed by atoms with Crippen molar-refractivity contribution >= 4 is 27.5 Å². The van der Waals surface area contributed by atoms with Crippen LogP contribution in [0.3, 0.4) is 0 Å². The minimum atomic E-state index is -0.151. The van der Waals surface area contributed by atoms with Gasteiger partial charge in [-0.2, -0.15) is 5.10 Å². The molecule has 2 aromatic heterocycles. The zero-order valence-electron chi connectivity index (χ0n) is 12.0. The molecular weight excluding hydrogens is 320 g/mol. The van der Waals surface area contributed by atoms with Gasteiger partial charge in [-0.3, -0.25) is 14.5 Å². The third-order valence-corrected chi connectivity index (χ3v) is 3.57. The Morgan fingerprint density at radius 3 is 2.70 bits per heavy atom. The number of aryl methyl sites for hydroxylation is 1. The summed E-state index contributed by atoms with van der Waals surface area (Å²) >= 11 is 3.40. The second-order valence-electron chi connectivity index (χ2n) is 4.92. The lowest BCUT2D eigenvalue weighted by Crippen LogP contribution is -2.27. The summed E-state index contributed by atoms with van der Waals surface area (Å²) in [4.78, 5) is 18.2. The Hall–Kier alpha value is -1.69. The van der Waals surface area contributed by atoms with Gasteiger partial charge in [0.1, 0.15) is 0 Å². The van der Waals surface area contributed by atoms with Gasteiger partial charge in [0.25, 0.3) is 5.91 Å².